The Balaban J connectivity index is 1.53. The van der Waals surface area contributed by atoms with Crippen LogP contribution in [0.4, 0.5) is 4.39 Å². The van der Waals surface area contributed by atoms with Gasteiger partial charge in [-0.1, -0.05) is 5.16 Å². The van der Waals surface area contributed by atoms with Gasteiger partial charge in [-0.05, 0) is 44.0 Å². The van der Waals surface area contributed by atoms with Crippen molar-refractivity contribution in [3.05, 3.63) is 53.2 Å². The summed E-state index contributed by atoms with van der Waals surface area (Å²) in [5.74, 6) is 0.178. The number of hydrogen-bond donors (Lipinski definition) is 0. The molecule has 0 radical (unpaired) electrons. The molecule has 2 amide bonds. The monoisotopic (exact) mass is 359 g/mol. The van der Waals surface area contributed by atoms with E-state index in [2.05, 4.69) is 5.16 Å². The molecule has 0 saturated carbocycles. The molecule has 0 spiro atoms. The molecule has 1 saturated heterocycles. The van der Waals surface area contributed by atoms with Crippen molar-refractivity contribution in [3.8, 4) is 0 Å². The molecule has 2 aromatic rings. The van der Waals surface area contributed by atoms with E-state index in [9.17, 15) is 14.0 Å². The van der Waals surface area contributed by atoms with E-state index in [0.29, 0.717) is 43.8 Å². The van der Waals surface area contributed by atoms with Crippen molar-refractivity contribution < 1.29 is 18.5 Å². The third-order valence-corrected chi connectivity index (χ3v) is 4.67. The molecule has 2 heterocycles. The summed E-state index contributed by atoms with van der Waals surface area (Å²) in [4.78, 5) is 28.4. The highest BCUT2D eigenvalue weighted by Gasteiger charge is 2.29. The van der Waals surface area contributed by atoms with Crippen LogP contribution in [-0.4, -0.2) is 46.9 Å². The fourth-order valence-electron chi connectivity index (χ4n) is 3.23. The molecule has 0 N–H and O–H groups in total. The van der Waals surface area contributed by atoms with Gasteiger partial charge in [-0.15, -0.1) is 0 Å². The molecule has 1 aromatic heterocycles. The van der Waals surface area contributed by atoms with Crippen LogP contribution in [-0.2, 0) is 11.3 Å². The standard InChI is InChI=1S/C19H22FN3O3/c1-13-11-17(21-26-13)12-22(2)18(24)15-7-9-23(10-8-15)19(25)14-3-5-16(20)6-4-14/h3-6,11,15H,7-10,12H2,1-2H3. The lowest BCUT2D eigenvalue weighted by Crippen LogP contribution is -2.43. The molecular formula is C19H22FN3O3. The maximum absolute atomic E-state index is 13.0. The Labute approximate surface area is 151 Å². The molecule has 1 aromatic carbocycles. The van der Waals surface area contributed by atoms with Crippen molar-refractivity contribution in [2.45, 2.75) is 26.3 Å². The Kier molecular flexibility index (Phi) is 5.35. The summed E-state index contributed by atoms with van der Waals surface area (Å²) in [6.07, 6.45) is 1.24. The van der Waals surface area contributed by atoms with Crippen LogP contribution in [0.25, 0.3) is 0 Å². The number of rotatable bonds is 4. The Hall–Kier alpha value is -2.70. The molecule has 1 aliphatic heterocycles. The number of likely N-dealkylation sites (tertiary alicyclic amines) is 1. The van der Waals surface area contributed by atoms with E-state index in [4.69, 9.17) is 4.52 Å². The number of halogens is 1. The zero-order valence-electron chi connectivity index (χ0n) is 14.9. The molecular weight excluding hydrogens is 337 g/mol. The van der Waals surface area contributed by atoms with E-state index in [1.807, 2.05) is 13.0 Å². The number of carbonyl (C=O) groups is 2. The van der Waals surface area contributed by atoms with Gasteiger partial charge < -0.3 is 14.3 Å². The average Bonchev–Trinajstić information content (AvgIpc) is 3.06. The minimum atomic E-state index is -0.365. The molecule has 0 unspecified atom stereocenters. The van der Waals surface area contributed by atoms with Gasteiger partial charge in [0.1, 0.15) is 17.3 Å². The number of benzene rings is 1. The van der Waals surface area contributed by atoms with Crippen LogP contribution in [0.1, 0.15) is 34.7 Å². The van der Waals surface area contributed by atoms with Gasteiger partial charge in [0.15, 0.2) is 0 Å². The summed E-state index contributed by atoms with van der Waals surface area (Å²) in [7, 11) is 1.75. The Morgan fingerprint density at radius 1 is 1.27 bits per heavy atom. The van der Waals surface area contributed by atoms with Crippen LogP contribution < -0.4 is 0 Å². The SMILES string of the molecule is Cc1cc(CN(C)C(=O)C2CCN(C(=O)c3ccc(F)cc3)CC2)no1. The maximum atomic E-state index is 13.0. The van der Waals surface area contributed by atoms with E-state index < -0.39 is 0 Å². The van der Waals surface area contributed by atoms with Crippen molar-refractivity contribution in [3.63, 3.8) is 0 Å². The largest absolute Gasteiger partial charge is 0.361 e. The van der Waals surface area contributed by atoms with Gasteiger partial charge in [0, 0.05) is 37.7 Å². The first kappa shape index (κ1) is 18.1. The molecule has 1 aliphatic rings. The normalized spacial score (nSPS) is 15.1. The van der Waals surface area contributed by atoms with E-state index in [0.717, 1.165) is 5.69 Å². The van der Waals surface area contributed by atoms with Gasteiger partial charge in [-0.25, -0.2) is 4.39 Å². The molecule has 1 fully saturated rings. The van der Waals surface area contributed by atoms with Gasteiger partial charge in [-0.2, -0.15) is 0 Å². The summed E-state index contributed by atoms with van der Waals surface area (Å²) in [6, 6.07) is 7.35. The lowest BCUT2D eigenvalue weighted by Gasteiger charge is -2.33. The summed E-state index contributed by atoms with van der Waals surface area (Å²) in [6.45, 7) is 3.25. The minimum absolute atomic E-state index is 0.0551. The van der Waals surface area contributed by atoms with E-state index >= 15 is 0 Å². The summed E-state index contributed by atoms with van der Waals surface area (Å²) in [5, 5.41) is 3.91. The van der Waals surface area contributed by atoms with Crippen molar-refractivity contribution in [2.24, 2.45) is 5.92 Å². The van der Waals surface area contributed by atoms with Gasteiger partial charge in [0.05, 0.1) is 6.54 Å². The summed E-state index contributed by atoms with van der Waals surface area (Å²) >= 11 is 0. The number of carbonyl (C=O) groups excluding carboxylic acids is 2. The van der Waals surface area contributed by atoms with E-state index in [1.54, 1.807) is 16.8 Å². The molecule has 0 bridgehead atoms. The highest BCUT2D eigenvalue weighted by atomic mass is 19.1. The lowest BCUT2D eigenvalue weighted by atomic mass is 9.95. The quantitative estimate of drug-likeness (QED) is 0.842. The number of amides is 2. The van der Waals surface area contributed by atoms with Gasteiger partial charge in [0.25, 0.3) is 5.91 Å². The number of nitrogens with zero attached hydrogens (tertiary/aromatic N) is 3. The second kappa shape index (κ2) is 7.68. The Morgan fingerprint density at radius 2 is 1.92 bits per heavy atom. The highest BCUT2D eigenvalue weighted by molar-refractivity contribution is 5.94. The van der Waals surface area contributed by atoms with Gasteiger partial charge in [-0.3, -0.25) is 9.59 Å². The molecule has 26 heavy (non-hydrogen) atoms. The van der Waals surface area contributed by atoms with Crippen molar-refractivity contribution >= 4 is 11.8 Å². The number of hydrogen-bond acceptors (Lipinski definition) is 4. The second-order valence-corrected chi connectivity index (χ2v) is 6.70. The Morgan fingerprint density at radius 3 is 2.50 bits per heavy atom. The van der Waals surface area contributed by atoms with Crippen molar-refractivity contribution in [2.75, 3.05) is 20.1 Å². The van der Waals surface area contributed by atoms with Crippen LogP contribution in [0.15, 0.2) is 34.9 Å². The smallest absolute Gasteiger partial charge is 0.253 e. The van der Waals surface area contributed by atoms with Crippen LogP contribution in [0, 0.1) is 18.7 Å². The number of aromatic nitrogens is 1. The zero-order chi connectivity index (χ0) is 18.7. The minimum Gasteiger partial charge on any atom is -0.361 e. The second-order valence-electron chi connectivity index (χ2n) is 6.70. The molecule has 3 rings (SSSR count). The topological polar surface area (TPSA) is 66.7 Å². The van der Waals surface area contributed by atoms with Gasteiger partial charge >= 0.3 is 0 Å². The predicted molar refractivity (Wildman–Crippen MR) is 92.7 cm³/mol. The fraction of sp³-hybridized carbons (Fsp3) is 0.421. The zero-order valence-corrected chi connectivity index (χ0v) is 14.9. The van der Waals surface area contributed by atoms with E-state index in [-0.39, 0.29) is 23.5 Å². The molecule has 138 valence electrons. The van der Waals surface area contributed by atoms with E-state index in [1.165, 1.54) is 24.3 Å². The fourth-order valence-corrected chi connectivity index (χ4v) is 3.23. The third-order valence-electron chi connectivity index (χ3n) is 4.67. The first-order valence-electron chi connectivity index (χ1n) is 8.66. The van der Waals surface area contributed by atoms with Crippen LogP contribution in [0.3, 0.4) is 0 Å². The first-order chi connectivity index (χ1) is 12.4. The first-order valence-corrected chi connectivity index (χ1v) is 8.66. The maximum Gasteiger partial charge on any atom is 0.253 e. The molecule has 0 aliphatic carbocycles. The van der Waals surface area contributed by atoms with Crippen molar-refractivity contribution in [1.29, 1.82) is 0 Å². The highest BCUT2D eigenvalue weighted by Crippen LogP contribution is 2.22. The van der Waals surface area contributed by atoms with Crippen molar-refractivity contribution in [1.82, 2.24) is 15.0 Å². The predicted octanol–water partition coefficient (Wildman–Crippen LogP) is 2.63. The average molecular weight is 359 g/mol. The van der Waals surface area contributed by atoms with Crippen LogP contribution >= 0.6 is 0 Å². The third kappa shape index (κ3) is 4.09. The van der Waals surface area contributed by atoms with Gasteiger partial charge in [0.2, 0.25) is 5.91 Å². The lowest BCUT2D eigenvalue weighted by molar-refractivity contribution is -0.136. The number of piperidine rings is 1. The number of aryl methyl sites for hydroxylation is 1. The Bertz CT molecular complexity index is 780. The molecule has 7 heteroatoms. The summed E-state index contributed by atoms with van der Waals surface area (Å²) in [5.41, 5.74) is 1.19. The summed E-state index contributed by atoms with van der Waals surface area (Å²) < 4.78 is 18.0. The van der Waals surface area contributed by atoms with Crippen LogP contribution in [0.2, 0.25) is 0 Å². The molecule has 0 atom stereocenters. The molecule has 6 nitrogen and oxygen atoms in total. The van der Waals surface area contributed by atoms with Crippen LogP contribution in [0.5, 0.6) is 0 Å².